The maximum absolute atomic E-state index is 13.9. The first kappa shape index (κ1) is 35.5. The van der Waals surface area contributed by atoms with Gasteiger partial charge in [0.25, 0.3) is 0 Å². The van der Waals surface area contributed by atoms with Crippen molar-refractivity contribution in [2.24, 2.45) is 0 Å². The average Bonchev–Trinajstić information content (AvgIpc) is 3.07. The molecule has 0 radical (unpaired) electrons. The van der Waals surface area contributed by atoms with Gasteiger partial charge >= 0.3 is 6.09 Å². The summed E-state index contributed by atoms with van der Waals surface area (Å²) in [5.41, 5.74) is -3.93. The topological polar surface area (TPSA) is 218 Å². The highest BCUT2D eigenvalue weighted by molar-refractivity contribution is 6.31. The molecule has 2 aromatic rings. The summed E-state index contributed by atoms with van der Waals surface area (Å²) in [4.78, 5) is 53.4. The van der Waals surface area contributed by atoms with E-state index in [0.717, 1.165) is 25.7 Å². The van der Waals surface area contributed by atoms with E-state index in [1.165, 1.54) is 25.3 Å². The van der Waals surface area contributed by atoms with E-state index in [-0.39, 0.29) is 34.4 Å². The van der Waals surface area contributed by atoms with Crippen molar-refractivity contribution in [3.63, 3.8) is 0 Å². The number of carbonyl (C=O) groups is 4. The third-order valence-corrected chi connectivity index (χ3v) is 10.0. The van der Waals surface area contributed by atoms with Gasteiger partial charge in [0.1, 0.15) is 41.7 Å². The van der Waals surface area contributed by atoms with Gasteiger partial charge in [-0.3, -0.25) is 14.4 Å². The molecule has 50 heavy (non-hydrogen) atoms. The number of ketones is 3. The Bertz CT molecular complexity index is 1740. The molecule has 1 heterocycles. The van der Waals surface area contributed by atoms with E-state index >= 15 is 0 Å². The number of amides is 1. The Labute approximate surface area is 287 Å². The molecule has 1 amide bonds. The van der Waals surface area contributed by atoms with Crippen LogP contribution in [0.5, 0.6) is 17.2 Å². The molecule has 2 aromatic carbocycles. The molecule has 14 nitrogen and oxygen atoms in total. The Morgan fingerprint density at radius 3 is 2.56 bits per heavy atom. The van der Waals surface area contributed by atoms with Crippen LogP contribution in [0.3, 0.4) is 0 Å². The predicted octanol–water partition coefficient (Wildman–Crippen LogP) is 2.66. The van der Waals surface area contributed by atoms with Crippen molar-refractivity contribution in [3.8, 4) is 17.2 Å². The molecule has 1 aliphatic heterocycles. The summed E-state index contributed by atoms with van der Waals surface area (Å²) in [5.74, 6) is -3.98. The molecule has 6 rings (SSSR count). The third kappa shape index (κ3) is 6.37. The molecule has 0 spiro atoms. The van der Waals surface area contributed by atoms with E-state index in [9.17, 15) is 44.7 Å². The maximum Gasteiger partial charge on any atom is 0.408 e. The summed E-state index contributed by atoms with van der Waals surface area (Å²) in [6.07, 6.45) is 1.13. The Balaban J connectivity index is 1.33. The van der Waals surface area contributed by atoms with Gasteiger partial charge in [0.15, 0.2) is 17.9 Å². The third-order valence-electron chi connectivity index (χ3n) is 10.0. The lowest BCUT2D eigenvalue weighted by molar-refractivity contribution is -0.249. The number of hydrogen-bond donors (Lipinski definition) is 6. The number of nitrogens with one attached hydrogen (secondary N) is 1. The highest BCUT2D eigenvalue weighted by Crippen LogP contribution is 2.52. The van der Waals surface area contributed by atoms with Crippen LogP contribution in [0.15, 0.2) is 30.4 Å². The van der Waals surface area contributed by atoms with Crippen LogP contribution in [-0.4, -0.2) is 98.9 Å². The normalized spacial score (nSPS) is 29.8. The number of rotatable bonds is 7. The van der Waals surface area contributed by atoms with E-state index in [1.807, 2.05) is 12.2 Å². The summed E-state index contributed by atoms with van der Waals surface area (Å²) in [6.45, 7) is 0.487. The molecule has 7 atom stereocenters. The fourth-order valence-electron chi connectivity index (χ4n) is 7.41. The second-order valence-electron chi connectivity index (χ2n) is 13.3. The zero-order chi connectivity index (χ0) is 35.9. The van der Waals surface area contributed by atoms with Crippen molar-refractivity contribution in [2.45, 2.75) is 101 Å². The monoisotopic (exact) mass is 695 g/mol. The minimum atomic E-state index is -2.32. The van der Waals surface area contributed by atoms with E-state index in [0.29, 0.717) is 6.42 Å². The molecule has 14 heteroatoms. The highest BCUT2D eigenvalue weighted by Gasteiger charge is 2.50. The van der Waals surface area contributed by atoms with Crippen LogP contribution in [-0.2, 0) is 25.4 Å². The number of methoxy groups -OCH3 is 1. The van der Waals surface area contributed by atoms with Gasteiger partial charge in [0.05, 0.1) is 42.0 Å². The molecule has 2 unspecified atom stereocenters. The predicted molar refractivity (Wildman–Crippen MR) is 173 cm³/mol. The quantitative estimate of drug-likeness (QED) is 0.155. The lowest BCUT2D eigenvalue weighted by Crippen LogP contribution is -2.56. The van der Waals surface area contributed by atoms with Crippen molar-refractivity contribution in [1.82, 2.24) is 5.32 Å². The maximum atomic E-state index is 13.9. The molecule has 0 saturated carbocycles. The Kier molecular flexibility index (Phi) is 10.0. The molecule has 1 fully saturated rings. The number of aromatic hydroxyl groups is 2. The van der Waals surface area contributed by atoms with Gasteiger partial charge in [-0.15, -0.1) is 0 Å². The van der Waals surface area contributed by atoms with Crippen LogP contribution >= 0.6 is 0 Å². The van der Waals surface area contributed by atoms with Gasteiger partial charge in [-0.2, -0.15) is 0 Å². The first-order valence-electron chi connectivity index (χ1n) is 16.7. The number of phenolic OH excluding ortho intramolecular Hbond substituents is 2. The number of fused-ring (bicyclic) bond motifs is 3. The summed E-state index contributed by atoms with van der Waals surface area (Å²) < 4.78 is 23.0. The molecule has 0 bridgehead atoms. The van der Waals surface area contributed by atoms with Gasteiger partial charge in [-0.1, -0.05) is 24.6 Å². The number of aliphatic hydroxyl groups excluding tert-OH is 2. The number of aliphatic hydroxyl groups is 3. The van der Waals surface area contributed by atoms with Crippen LogP contribution in [0.4, 0.5) is 4.79 Å². The van der Waals surface area contributed by atoms with Crippen LogP contribution in [0.25, 0.3) is 0 Å². The van der Waals surface area contributed by atoms with Crippen LogP contribution in [0.2, 0.25) is 0 Å². The highest BCUT2D eigenvalue weighted by atomic mass is 16.7. The number of Topliss-reactive ketones (excluding diaryl/α,β-unsaturated/α-hetero) is 1. The first-order valence-corrected chi connectivity index (χ1v) is 16.7. The number of hydrogen-bond acceptors (Lipinski definition) is 13. The summed E-state index contributed by atoms with van der Waals surface area (Å²) in [7, 11) is 1.31. The van der Waals surface area contributed by atoms with Crippen molar-refractivity contribution in [2.75, 3.05) is 13.7 Å². The van der Waals surface area contributed by atoms with Gasteiger partial charge in [-0.25, -0.2) is 4.79 Å². The zero-order valence-corrected chi connectivity index (χ0v) is 27.7. The minimum absolute atomic E-state index is 0.0737. The largest absolute Gasteiger partial charge is 0.507 e. The molecule has 1 saturated heterocycles. The van der Waals surface area contributed by atoms with Crippen molar-refractivity contribution < 1.29 is 63.7 Å². The Hall–Kier alpha value is -4.34. The fraction of sp³-hybridized carbons (Fsp3) is 0.500. The van der Waals surface area contributed by atoms with Crippen LogP contribution in [0, 0.1) is 0 Å². The summed E-state index contributed by atoms with van der Waals surface area (Å²) in [5, 5.41) is 58.1. The average molecular weight is 696 g/mol. The van der Waals surface area contributed by atoms with Gasteiger partial charge in [0, 0.05) is 36.0 Å². The number of phenols is 2. The standard InChI is InChI=1S/C36H41NO13/c1-17-30(40)21(37-35(45)49-18-9-6-4-3-5-7-10-18)13-25(48-17)50-23-15-36(46,24(39)16-38)14-20-27(23)34(44)29-28(32(20)42)31(41)19-11-8-12-22(47-2)26(19)33(29)43/h6,8-9,11-12,17-18,21,23,25,30,38,40,42,44,46H,3-5,7,10,13-16H2,1-2H3,(H,37,45)/b9-6+/t17-,18?,21-,23-,25?,30+,36-/m1/s1. The van der Waals surface area contributed by atoms with Crippen molar-refractivity contribution in [1.29, 1.82) is 0 Å². The Morgan fingerprint density at radius 1 is 1.06 bits per heavy atom. The molecule has 6 N–H and O–H groups in total. The second-order valence-corrected chi connectivity index (χ2v) is 13.3. The SMILES string of the molecule is COc1cccc2c1C(=O)c1c(O)c3c(c(O)c1C2=O)C[C@](O)(C(=O)CO)C[C@H]3OC1C[C@@H](NC(=O)OC2/C=C/CCCCC2)[C@@H](O)[C@@H](C)O1. The van der Waals surface area contributed by atoms with Crippen LogP contribution in [0.1, 0.15) is 101 Å². The number of allylic oxidation sites excluding steroid dienone is 1. The molecule has 0 aromatic heterocycles. The van der Waals surface area contributed by atoms with E-state index in [2.05, 4.69) is 5.32 Å². The van der Waals surface area contributed by atoms with Gasteiger partial charge < -0.3 is 49.8 Å². The zero-order valence-electron chi connectivity index (χ0n) is 27.7. The fourth-order valence-corrected chi connectivity index (χ4v) is 7.41. The molecular weight excluding hydrogens is 654 g/mol. The Morgan fingerprint density at radius 2 is 1.82 bits per heavy atom. The van der Waals surface area contributed by atoms with Gasteiger partial charge in [0.2, 0.25) is 5.78 Å². The summed E-state index contributed by atoms with van der Waals surface area (Å²) in [6, 6.07) is 3.41. The molecule has 268 valence electrons. The van der Waals surface area contributed by atoms with E-state index in [1.54, 1.807) is 6.92 Å². The first-order chi connectivity index (χ1) is 23.9. The van der Waals surface area contributed by atoms with Crippen molar-refractivity contribution in [3.05, 3.63) is 63.7 Å². The van der Waals surface area contributed by atoms with Gasteiger partial charge in [-0.05, 0) is 44.7 Å². The van der Waals surface area contributed by atoms with E-state index < -0.39 is 108 Å². The summed E-state index contributed by atoms with van der Waals surface area (Å²) >= 11 is 0. The number of carbonyl (C=O) groups excluding carboxylic acids is 4. The minimum Gasteiger partial charge on any atom is -0.507 e. The lowest BCUT2D eigenvalue weighted by Gasteiger charge is -2.42. The molecule has 3 aliphatic carbocycles. The lowest BCUT2D eigenvalue weighted by atomic mass is 9.72. The van der Waals surface area contributed by atoms with Crippen LogP contribution < -0.4 is 10.1 Å². The molecule has 4 aliphatic rings. The molecular formula is C36H41NO13. The number of alkyl carbamates (subject to hydrolysis) is 1. The second kappa shape index (κ2) is 14.1. The number of ether oxygens (including phenoxy) is 4. The smallest absolute Gasteiger partial charge is 0.408 e. The van der Waals surface area contributed by atoms with E-state index in [4.69, 9.17) is 18.9 Å². The van der Waals surface area contributed by atoms with Crippen molar-refractivity contribution >= 4 is 23.4 Å². The number of benzene rings is 2.